The summed E-state index contributed by atoms with van der Waals surface area (Å²) in [6, 6.07) is 0. The van der Waals surface area contributed by atoms with Crippen LogP contribution in [0.25, 0.3) is 12.2 Å². The van der Waals surface area contributed by atoms with Crippen LogP contribution in [0.4, 0.5) is 0 Å². The van der Waals surface area contributed by atoms with Crippen LogP contribution in [0.2, 0.25) is 0 Å². The average Bonchev–Trinajstić information content (AvgIpc) is 2.22. The van der Waals surface area contributed by atoms with E-state index in [2.05, 4.69) is 30.6 Å². The molecule has 0 saturated carbocycles. The van der Waals surface area contributed by atoms with Crippen LogP contribution >= 0.6 is 0 Å². The van der Waals surface area contributed by atoms with Gasteiger partial charge in [0.15, 0.2) is 0 Å². The summed E-state index contributed by atoms with van der Waals surface area (Å²) in [5.74, 6) is 0. The number of aromatic nitrogens is 1. The highest BCUT2D eigenvalue weighted by molar-refractivity contribution is 5.64. The van der Waals surface area contributed by atoms with Crippen molar-refractivity contribution in [1.29, 1.82) is 0 Å². The molecule has 0 aliphatic rings. The van der Waals surface area contributed by atoms with E-state index in [0.717, 1.165) is 5.69 Å². The second-order valence-corrected chi connectivity index (χ2v) is 3.43. The Hall–Kier alpha value is -1.63. The molecular formula is C14H17N. The normalized spacial score (nSPS) is 11.4. The maximum absolute atomic E-state index is 4.37. The van der Waals surface area contributed by atoms with Crippen molar-refractivity contribution < 1.29 is 0 Å². The monoisotopic (exact) mass is 199 g/mol. The lowest BCUT2D eigenvalue weighted by molar-refractivity contribution is 1.15. The number of allylic oxidation sites excluding steroid dienone is 3. The highest BCUT2D eigenvalue weighted by Crippen LogP contribution is 2.18. The first-order valence-electron chi connectivity index (χ1n) is 5.08. The second kappa shape index (κ2) is 5.30. The number of hydrogen-bond donors (Lipinski definition) is 0. The Labute approximate surface area is 91.9 Å². The van der Waals surface area contributed by atoms with Gasteiger partial charge < -0.3 is 0 Å². The largest absolute Gasteiger partial charge is 0.260 e. The first kappa shape index (κ1) is 11.4. The number of nitrogens with zero attached hydrogens (tertiary/aromatic N) is 1. The first-order valence-corrected chi connectivity index (χ1v) is 5.08. The third-order valence-corrected chi connectivity index (χ3v) is 2.37. The van der Waals surface area contributed by atoms with Crippen LogP contribution in [0.1, 0.15) is 29.3 Å². The van der Waals surface area contributed by atoms with E-state index in [1.807, 2.05) is 32.2 Å². The summed E-state index contributed by atoms with van der Waals surface area (Å²) in [4.78, 5) is 4.37. The minimum absolute atomic E-state index is 1.05. The molecule has 0 aliphatic heterocycles. The van der Waals surface area contributed by atoms with E-state index in [1.54, 1.807) is 6.08 Å². The molecule has 0 spiro atoms. The molecule has 0 amide bonds. The van der Waals surface area contributed by atoms with Gasteiger partial charge in [0.2, 0.25) is 0 Å². The maximum atomic E-state index is 4.37. The highest BCUT2D eigenvalue weighted by atomic mass is 14.7. The van der Waals surface area contributed by atoms with Crippen molar-refractivity contribution in [2.24, 2.45) is 0 Å². The first-order chi connectivity index (χ1) is 7.20. The molecular weight excluding hydrogens is 182 g/mol. The second-order valence-electron chi connectivity index (χ2n) is 3.43. The molecule has 0 radical (unpaired) electrons. The standard InChI is InChI=1S/C14H17N/c1-5-7-9-14-11(3)13(8-6-2)10-15-12(14)4/h5-10H,1H2,2-4H3/b8-6-,9-7-. The van der Waals surface area contributed by atoms with E-state index < -0.39 is 0 Å². The van der Waals surface area contributed by atoms with Gasteiger partial charge in [0.25, 0.3) is 0 Å². The summed E-state index contributed by atoms with van der Waals surface area (Å²) in [6.07, 6.45) is 11.8. The van der Waals surface area contributed by atoms with Gasteiger partial charge in [-0.2, -0.15) is 0 Å². The number of rotatable bonds is 3. The molecule has 1 heteroatoms. The molecule has 0 aliphatic carbocycles. The summed E-state index contributed by atoms with van der Waals surface area (Å²) < 4.78 is 0. The van der Waals surface area contributed by atoms with Crippen LogP contribution in [0.15, 0.2) is 31.0 Å². The fourth-order valence-corrected chi connectivity index (χ4v) is 1.52. The fourth-order valence-electron chi connectivity index (χ4n) is 1.52. The van der Waals surface area contributed by atoms with Crippen LogP contribution in [0.3, 0.4) is 0 Å². The third kappa shape index (κ3) is 2.66. The van der Waals surface area contributed by atoms with Crippen molar-refractivity contribution in [2.45, 2.75) is 20.8 Å². The Balaban J connectivity index is 3.29. The number of pyridine rings is 1. The Morgan fingerprint density at radius 2 is 2.00 bits per heavy atom. The van der Waals surface area contributed by atoms with E-state index in [9.17, 15) is 0 Å². The Morgan fingerprint density at radius 3 is 2.60 bits per heavy atom. The Morgan fingerprint density at radius 1 is 1.27 bits per heavy atom. The summed E-state index contributed by atoms with van der Waals surface area (Å²) >= 11 is 0. The molecule has 0 fully saturated rings. The van der Waals surface area contributed by atoms with Gasteiger partial charge in [0.1, 0.15) is 0 Å². The van der Waals surface area contributed by atoms with Crippen molar-refractivity contribution in [1.82, 2.24) is 4.98 Å². The lowest BCUT2D eigenvalue weighted by Crippen LogP contribution is -1.93. The van der Waals surface area contributed by atoms with Gasteiger partial charge in [-0.05, 0) is 37.5 Å². The van der Waals surface area contributed by atoms with Crippen molar-refractivity contribution in [3.63, 3.8) is 0 Å². The molecule has 0 N–H and O–H groups in total. The van der Waals surface area contributed by atoms with Gasteiger partial charge in [-0.25, -0.2) is 0 Å². The van der Waals surface area contributed by atoms with Gasteiger partial charge in [-0.3, -0.25) is 4.98 Å². The molecule has 0 aromatic carbocycles. The van der Waals surface area contributed by atoms with Crippen LogP contribution in [0, 0.1) is 13.8 Å². The molecule has 0 unspecified atom stereocenters. The van der Waals surface area contributed by atoms with Crippen molar-refractivity contribution in [2.75, 3.05) is 0 Å². The Kier molecular flexibility index (Phi) is 4.04. The minimum atomic E-state index is 1.05. The van der Waals surface area contributed by atoms with Gasteiger partial charge >= 0.3 is 0 Å². The molecule has 1 nitrogen and oxygen atoms in total. The lowest BCUT2D eigenvalue weighted by Gasteiger charge is -2.07. The summed E-state index contributed by atoms with van der Waals surface area (Å²) in [6.45, 7) is 9.83. The van der Waals surface area contributed by atoms with Crippen molar-refractivity contribution in [3.8, 4) is 0 Å². The van der Waals surface area contributed by atoms with E-state index in [4.69, 9.17) is 0 Å². The quantitative estimate of drug-likeness (QED) is 0.672. The average molecular weight is 199 g/mol. The zero-order valence-electron chi connectivity index (χ0n) is 9.62. The molecule has 1 heterocycles. The van der Waals surface area contributed by atoms with Crippen molar-refractivity contribution >= 4 is 12.2 Å². The van der Waals surface area contributed by atoms with Crippen LogP contribution in [0.5, 0.6) is 0 Å². The topological polar surface area (TPSA) is 12.9 Å². The van der Waals surface area contributed by atoms with Crippen LogP contribution < -0.4 is 0 Å². The molecule has 78 valence electrons. The van der Waals surface area contributed by atoms with E-state index in [0.29, 0.717) is 0 Å². The molecule has 1 aromatic heterocycles. The lowest BCUT2D eigenvalue weighted by atomic mass is 10.0. The summed E-state index contributed by atoms with van der Waals surface area (Å²) in [7, 11) is 0. The zero-order chi connectivity index (χ0) is 11.3. The number of hydrogen-bond acceptors (Lipinski definition) is 1. The molecule has 1 rings (SSSR count). The predicted octanol–water partition coefficient (Wildman–Crippen LogP) is 3.93. The predicted molar refractivity (Wildman–Crippen MR) is 67.7 cm³/mol. The SMILES string of the molecule is C=C/C=C\c1c(C)ncc(/C=C\C)c1C. The Bertz CT molecular complexity index is 412. The third-order valence-electron chi connectivity index (χ3n) is 2.37. The minimum Gasteiger partial charge on any atom is -0.260 e. The van der Waals surface area contributed by atoms with E-state index in [-0.39, 0.29) is 0 Å². The molecule has 1 aromatic rings. The maximum Gasteiger partial charge on any atom is 0.0448 e. The van der Waals surface area contributed by atoms with Gasteiger partial charge in [-0.15, -0.1) is 0 Å². The molecule has 0 bridgehead atoms. The van der Waals surface area contributed by atoms with Crippen LogP contribution in [-0.2, 0) is 0 Å². The number of aryl methyl sites for hydroxylation is 1. The van der Waals surface area contributed by atoms with Gasteiger partial charge in [0.05, 0.1) is 0 Å². The van der Waals surface area contributed by atoms with Crippen molar-refractivity contribution in [3.05, 3.63) is 53.4 Å². The summed E-state index contributed by atoms with van der Waals surface area (Å²) in [5.41, 5.74) is 4.68. The zero-order valence-corrected chi connectivity index (χ0v) is 9.62. The molecule has 0 saturated heterocycles. The summed E-state index contributed by atoms with van der Waals surface area (Å²) in [5, 5.41) is 0. The fraction of sp³-hybridized carbons (Fsp3) is 0.214. The van der Waals surface area contributed by atoms with Gasteiger partial charge in [-0.1, -0.05) is 37.0 Å². The molecule has 15 heavy (non-hydrogen) atoms. The smallest absolute Gasteiger partial charge is 0.0448 e. The van der Waals surface area contributed by atoms with Crippen LogP contribution in [-0.4, -0.2) is 4.98 Å². The van der Waals surface area contributed by atoms with E-state index in [1.165, 1.54) is 16.7 Å². The van der Waals surface area contributed by atoms with E-state index >= 15 is 0 Å². The highest BCUT2D eigenvalue weighted by Gasteiger charge is 2.03. The van der Waals surface area contributed by atoms with Gasteiger partial charge in [0, 0.05) is 11.9 Å². The molecule has 0 atom stereocenters.